The summed E-state index contributed by atoms with van der Waals surface area (Å²) in [6.45, 7) is 16.3. The van der Waals surface area contributed by atoms with Gasteiger partial charge in [-0.05, 0) is 69.1 Å². The Kier molecular flexibility index (Phi) is 8.45. The molecule has 5 rings (SSSR count). The minimum Gasteiger partial charge on any atom is -0.370 e. The Morgan fingerprint density at radius 1 is 0.852 bits per heavy atom. The highest BCUT2D eigenvalue weighted by Gasteiger charge is 2.71. The Hall–Kier alpha value is 1.38. The van der Waals surface area contributed by atoms with Crippen molar-refractivity contribution in [3.8, 4) is 0 Å². The van der Waals surface area contributed by atoms with E-state index < -0.39 is 0 Å². The molecule has 4 heteroatoms. The molecule has 0 aromatic heterocycles. The molecule has 5 fully saturated rings. The van der Waals surface area contributed by atoms with Crippen LogP contribution in [0.15, 0.2) is 0 Å². The summed E-state index contributed by atoms with van der Waals surface area (Å²) in [5, 5.41) is 0. The van der Waals surface area contributed by atoms with Gasteiger partial charge in [0.25, 0.3) is 0 Å². The highest BCUT2D eigenvalue weighted by molar-refractivity contribution is 15.0. The fourth-order valence-corrected chi connectivity index (χ4v) is 6.46. The van der Waals surface area contributed by atoms with Gasteiger partial charge in [-0.25, -0.2) is 0 Å². The fourth-order valence-electron chi connectivity index (χ4n) is 6.46. The lowest BCUT2D eigenvalue weighted by Crippen LogP contribution is -2.30. The minimum absolute atomic E-state index is 0.189. The first-order chi connectivity index (χ1) is 12.6. The molecule has 2 aliphatic heterocycles. The third kappa shape index (κ3) is 5.55. The van der Waals surface area contributed by atoms with Crippen LogP contribution in [0.2, 0.25) is 0 Å². The topological polar surface area (TPSA) is 25.1 Å². The monoisotopic (exact) mass is 604 g/mol. The van der Waals surface area contributed by atoms with E-state index in [2.05, 4.69) is 85.7 Å². The molecule has 160 valence electrons. The first kappa shape index (κ1) is 24.6. The average Bonchev–Trinajstić information content (AvgIpc) is 3.42. The van der Waals surface area contributed by atoms with Gasteiger partial charge in [0, 0.05) is 37.2 Å². The maximum Gasteiger partial charge on any atom is 0.0954 e. The second-order valence-electron chi connectivity index (χ2n) is 10.9. The molecule has 2 nitrogen and oxygen atoms in total. The van der Waals surface area contributed by atoms with Gasteiger partial charge in [0.15, 0.2) is 0 Å². The second kappa shape index (κ2) is 9.25. The molecule has 3 saturated carbocycles. The molecular formula is C23H42I2O2. The van der Waals surface area contributed by atoms with E-state index in [-0.39, 0.29) is 11.2 Å². The molecule has 0 aromatic carbocycles. The van der Waals surface area contributed by atoms with Gasteiger partial charge in [-0.2, -0.15) is 0 Å². The number of ether oxygens (including phenoxy) is 2. The van der Waals surface area contributed by atoms with E-state index in [4.69, 9.17) is 9.47 Å². The van der Waals surface area contributed by atoms with E-state index in [0.29, 0.717) is 23.0 Å². The van der Waals surface area contributed by atoms with Crippen molar-refractivity contribution in [2.75, 3.05) is 0 Å². The van der Waals surface area contributed by atoms with E-state index in [9.17, 15) is 0 Å². The quantitative estimate of drug-likeness (QED) is 0.206. The molecule has 0 amide bonds. The van der Waals surface area contributed by atoms with E-state index in [1.165, 1.54) is 57.8 Å². The van der Waals surface area contributed by atoms with Crippen LogP contribution in [-0.4, -0.2) is 23.4 Å². The Bertz CT molecular complexity index is 491. The maximum atomic E-state index is 6.09. The van der Waals surface area contributed by atoms with Crippen LogP contribution in [0.4, 0.5) is 0 Å². The van der Waals surface area contributed by atoms with Crippen molar-refractivity contribution >= 4 is 37.2 Å². The normalized spacial score (nSPS) is 50.8. The minimum atomic E-state index is 0.189. The number of fused-ring (bicyclic) bond motifs is 4. The zero-order valence-electron chi connectivity index (χ0n) is 18.7. The summed E-state index contributed by atoms with van der Waals surface area (Å²) in [7, 11) is 0. The van der Waals surface area contributed by atoms with Crippen LogP contribution < -0.4 is 0 Å². The Balaban J connectivity index is 0.000000181. The maximum absolute atomic E-state index is 6.09. The van der Waals surface area contributed by atoms with Crippen molar-refractivity contribution in [1.82, 2.24) is 0 Å². The summed E-state index contributed by atoms with van der Waals surface area (Å²) in [6, 6.07) is 0. The molecule has 5 aliphatic rings. The van der Waals surface area contributed by atoms with Crippen LogP contribution in [-0.2, 0) is 9.47 Å². The van der Waals surface area contributed by atoms with Crippen molar-refractivity contribution in [3.05, 3.63) is 0 Å². The van der Waals surface area contributed by atoms with Crippen molar-refractivity contribution in [2.45, 2.75) is 130 Å². The molecule has 0 N–H and O–H groups in total. The van der Waals surface area contributed by atoms with E-state index >= 15 is 0 Å². The number of hydrogen-bond acceptors (Lipinski definition) is 2. The van der Waals surface area contributed by atoms with Crippen LogP contribution in [0, 0.1) is 16.7 Å². The summed E-state index contributed by atoms with van der Waals surface area (Å²) in [5.74, 6) is 0.869. The molecule has 2 heterocycles. The van der Waals surface area contributed by atoms with Crippen molar-refractivity contribution < 1.29 is 9.47 Å². The molecular weight excluding hydrogens is 562 g/mol. The van der Waals surface area contributed by atoms with Gasteiger partial charge in [-0.3, -0.25) is 0 Å². The van der Waals surface area contributed by atoms with Crippen molar-refractivity contribution in [1.29, 1.82) is 0 Å². The van der Waals surface area contributed by atoms with Gasteiger partial charge < -0.3 is 9.47 Å². The van der Waals surface area contributed by atoms with E-state index in [0.717, 1.165) is 5.92 Å². The first-order valence-corrected chi connectivity index (χ1v) is 17.4. The van der Waals surface area contributed by atoms with Crippen LogP contribution >= 0.6 is 37.2 Å². The largest absolute Gasteiger partial charge is 0.370 e. The molecule has 0 spiro atoms. The van der Waals surface area contributed by atoms with Gasteiger partial charge in [-0.1, -0.05) is 53.9 Å². The average molecular weight is 604 g/mol. The van der Waals surface area contributed by atoms with Crippen molar-refractivity contribution in [2.24, 2.45) is 16.7 Å². The molecule has 0 aromatic rings. The Labute approximate surface area is 192 Å². The van der Waals surface area contributed by atoms with Gasteiger partial charge in [-0.15, -0.1) is 0 Å². The molecule has 7 unspecified atom stereocenters. The summed E-state index contributed by atoms with van der Waals surface area (Å²) in [4.78, 5) is 0. The Morgan fingerprint density at radius 3 is 1.81 bits per heavy atom. The third-order valence-electron chi connectivity index (χ3n) is 7.77. The molecule has 27 heavy (non-hydrogen) atoms. The molecule has 7 atom stereocenters. The smallest absolute Gasteiger partial charge is 0.0954 e. The summed E-state index contributed by atoms with van der Waals surface area (Å²) < 4.78 is 11.4. The Morgan fingerprint density at radius 2 is 1.33 bits per heavy atom. The summed E-state index contributed by atoms with van der Waals surface area (Å²) in [6.07, 6.45) is 13.5. The fraction of sp³-hybridized carbons (Fsp3) is 1.00. The molecule has 3 aliphatic carbocycles. The highest BCUT2D eigenvalue weighted by atomic mass is 128. The molecule has 2 saturated heterocycles. The van der Waals surface area contributed by atoms with Crippen LogP contribution in [0.25, 0.3) is 0 Å². The third-order valence-corrected chi connectivity index (χ3v) is 7.77. The van der Waals surface area contributed by atoms with Gasteiger partial charge in [0.05, 0.1) is 23.4 Å². The molecule has 2 bridgehead atoms. The number of hydrogen-bond donors (Lipinski definition) is 0. The van der Waals surface area contributed by atoms with Gasteiger partial charge in [0.2, 0.25) is 0 Å². The molecule has 0 radical (unpaired) electrons. The van der Waals surface area contributed by atoms with Crippen LogP contribution in [0.5, 0.6) is 0 Å². The van der Waals surface area contributed by atoms with E-state index in [1.54, 1.807) is 0 Å². The number of epoxide rings is 2. The predicted molar refractivity (Wildman–Crippen MR) is 133 cm³/mol. The highest BCUT2D eigenvalue weighted by Crippen LogP contribution is 2.70. The zero-order valence-corrected chi connectivity index (χ0v) is 23.0. The lowest BCUT2D eigenvalue weighted by atomic mass is 9.72. The SMILES string of the molecule is C1CCC2OC2C1.CC1CC2(C)CC1(C)CC1(C)OC1(C)C2.CCC.II. The summed E-state index contributed by atoms with van der Waals surface area (Å²) >= 11 is 4.24. The van der Waals surface area contributed by atoms with Gasteiger partial charge >= 0.3 is 0 Å². The zero-order chi connectivity index (χ0) is 20.5. The van der Waals surface area contributed by atoms with Crippen molar-refractivity contribution in [3.63, 3.8) is 0 Å². The predicted octanol–water partition coefficient (Wildman–Crippen LogP) is 8.29. The first-order valence-electron chi connectivity index (χ1n) is 11.1. The summed E-state index contributed by atoms with van der Waals surface area (Å²) in [5.41, 5.74) is 1.45. The van der Waals surface area contributed by atoms with Crippen LogP contribution in [0.3, 0.4) is 0 Å². The standard InChI is InChI=1S/C14H24O.C6H10O.C3H8.I2/c1-10-6-11(2)7-12(10,3)9-14(5)13(4,8-11)15-14;1-2-4-6-5(3-1)7-6;1-3-2;1-2/h10H,6-9H2,1-5H3;5-6H,1-4H2;3H2,1-2H3;. The lowest BCUT2D eigenvalue weighted by Gasteiger charge is -2.31. The van der Waals surface area contributed by atoms with Gasteiger partial charge in [0.1, 0.15) is 0 Å². The van der Waals surface area contributed by atoms with E-state index in [1.807, 2.05) is 0 Å². The number of rotatable bonds is 0. The lowest BCUT2D eigenvalue weighted by molar-refractivity contribution is 0.134. The number of halogens is 2. The van der Waals surface area contributed by atoms with Crippen LogP contribution in [0.1, 0.15) is 106 Å². The second-order valence-corrected chi connectivity index (χ2v) is 10.9.